The first-order valence-corrected chi connectivity index (χ1v) is 7.25. The number of hydrogen-bond donors (Lipinski definition) is 1. The fourth-order valence-corrected chi connectivity index (χ4v) is 2.99. The first-order chi connectivity index (χ1) is 10.0. The van der Waals surface area contributed by atoms with Gasteiger partial charge in [0.2, 0.25) is 0 Å². The van der Waals surface area contributed by atoms with Gasteiger partial charge >= 0.3 is 0 Å². The summed E-state index contributed by atoms with van der Waals surface area (Å²) < 4.78 is 11.8. The van der Waals surface area contributed by atoms with E-state index in [9.17, 15) is 0 Å². The third-order valence-electron chi connectivity index (χ3n) is 4.17. The number of rotatable bonds is 3. The minimum atomic E-state index is 0.00940. The average molecular weight is 283 g/mol. The van der Waals surface area contributed by atoms with Crippen LogP contribution in [0.25, 0.3) is 11.0 Å². The zero-order chi connectivity index (χ0) is 15.1. The molecule has 2 heterocycles. The molecule has 0 saturated heterocycles. The first kappa shape index (κ1) is 14.0. The van der Waals surface area contributed by atoms with E-state index >= 15 is 0 Å². The van der Waals surface area contributed by atoms with Crippen LogP contribution in [0.5, 0.6) is 0 Å². The zero-order valence-electron chi connectivity index (χ0n) is 13.2. The second-order valence-electron chi connectivity index (χ2n) is 5.66. The van der Waals surface area contributed by atoms with Gasteiger partial charge < -0.3 is 14.2 Å². The van der Waals surface area contributed by atoms with Gasteiger partial charge in [0, 0.05) is 10.9 Å². The molecule has 0 radical (unpaired) electrons. The van der Waals surface area contributed by atoms with Gasteiger partial charge in [-0.05, 0) is 58.5 Å². The summed E-state index contributed by atoms with van der Waals surface area (Å²) in [5.41, 5.74) is 4.52. The van der Waals surface area contributed by atoms with Crippen molar-refractivity contribution < 1.29 is 8.83 Å². The van der Waals surface area contributed by atoms with Crippen LogP contribution in [-0.4, -0.2) is 7.05 Å². The molecular weight excluding hydrogens is 262 g/mol. The minimum absolute atomic E-state index is 0.00940. The van der Waals surface area contributed by atoms with Crippen molar-refractivity contribution in [3.05, 3.63) is 58.2 Å². The van der Waals surface area contributed by atoms with E-state index in [1.807, 2.05) is 27.0 Å². The topological polar surface area (TPSA) is 38.3 Å². The molecule has 21 heavy (non-hydrogen) atoms. The summed E-state index contributed by atoms with van der Waals surface area (Å²) in [5, 5.41) is 4.49. The molecule has 0 aliphatic heterocycles. The molecule has 3 rings (SSSR count). The Kier molecular flexibility index (Phi) is 3.38. The molecule has 0 saturated carbocycles. The van der Waals surface area contributed by atoms with Crippen LogP contribution in [-0.2, 0) is 0 Å². The van der Waals surface area contributed by atoms with Crippen LogP contribution in [0.1, 0.15) is 40.0 Å². The van der Waals surface area contributed by atoms with Crippen LogP contribution in [0.2, 0.25) is 0 Å². The summed E-state index contributed by atoms with van der Waals surface area (Å²) in [6.07, 6.45) is 0. The van der Waals surface area contributed by atoms with E-state index in [-0.39, 0.29) is 6.04 Å². The van der Waals surface area contributed by atoms with Crippen LogP contribution in [0.3, 0.4) is 0 Å². The van der Waals surface area contributed by atoms with Crippen molar-refractivity contribution in [2.45, 2.75) is 33.7 Å². The van der Waals surface area contributed by atoms with Gasteiger partial charge in [-0.25, -0.2) is 0 Å². The first-order valence-electron chi connectivity index (χ1n) is 7.25. The Morgan fingerprint density at radius 2 is 1.71 bits per heavy atom. The van der Waals surface area contributed by atoms with Crippen LogP contribution in [0.15, 0.2) is 33.1 Å². The lowest BCUT2D eigenvalue weighted by atomic mass is 10.00. The quantitative estimate of drug-likeness (QED) is 0.765. The molecule has 110 valence electrons. The van der Waals surface area contributed by atoms with Crippen LogP contribution < -0.4 is 5.32 Å². The van der Waals surface area contributed by atoms with Crippen LogP contribution in [0.4, 0.5) is 0 Å². The second kappa shape index (κ2) is 5.08. The molecular formula is C18H21NO2. The fourth-order valence-electron chi connectivity index (χ4n) is 2.99. The van der Waals surface area contributed by atoms with Crippen molar-refractivity contribution >= 4 is 11.0 Å². The molecule has 3 heteroatoms. The summed E-state index contributed by atoms with van der Waals surface area (Å²) in [6.45, 7) is 8.20. The van der Waals surface area contributed by atoms with Gasteiger partial charge in [-0.3, -0.25) is 0 Å². The Hall–Kier alpha value is -2.00. The average Bonchev–Trinajstić information content (AvgIpc) is 2.95. The molecule has 0 aliphatic rings. The smallest absolute Gasteiger partial charge is 0.134 e. The molecule has 1 N–H and O–H groups in total. The van der Waals surface area contributed by atoms with E-state index in [4.69, 9.17) is 8.83 Å². The lowest BCUT2D eigenvalue weighted by molar-refractivity contribution is 0.471. The third-order valence-corrected chi connectivity index (χ3v) is 4.17. The number of furan rings is 2. The molecule has 0 spiro atoms. The van der Waals surface area contributed by atoms with Crippen molar-refractivity contribution in [3.8, 4) is 0 Å². The van der Waals surface area contributed by atoms with Gasteiger partial charge in [-0.1, -0.05) is 11.6 Å². The summed E-state index contributed by atoms with van der Waals surface area (Å²) in [5.74, 6) is 2.83. The number of aryl methyl sites for hydroxylation is 3. The summed E-state index contributed by atoms with van der Waals surface area (Å²) in [6, 6.07) is 8.37. The van der Waals surface area contributed by atoms with Gasteiger partial charge in [-0.15, -0.1) is 0 Å². The molecule has 1 atom stereocenters. The van der Waals surface area contributed by atoms with E-state index in [2.05, 4.69) is 37.4 Å². The van der Waals surface area contributed by atoms with Crippen molar-refractivity contribution in [1.82, 2.24) is 5.32 Å². The van der Waals surface area contributed by atoms with Crippen molar-refractivity contribution in [1.29, 1.82) is 0 Å². The lowest BCUT2D eigenvalue weighted by Gasteiger charge is -2.14. The molecule has 1 aromatic carbocycles. The standard InChI is InChI=1S/C18H21NO2/c1-10-6-7-15-14(8-10)9-16(21-15)18(19-5)17-11(2)12(3)20-13(17)4/h6-9,18-19H,1-5H3. The molecule has 0 amide bonds. The molecule has 0 aliphatic carbocycles. The summed E-state index contributed by atoms with van der Waals surface area (Å²) in [4.78, 5) is 0. The predicted octanol–water partition coefficient (Wildman–Crippen LogP) is 4.57. The number of nitrogens with one attached hydrogen (secondary N) is 1. The third kappa shape index (κ3) is 2.28. The Balaban J connectivity index is 2.13. The Labute approximate surface area is 124 Å². The maximum absolute atomic E-state index is 6.05. The fraction of sp³-hybridized carbons (Fsp3) is 0.333. The van der Waals surface area contributed by atoms with E-state index < -0.39 is 0 Å². The van der Waals surface area contributed by atoms with E-state index in [1.54, 1.807) is 0 Å². The highest BCUT2D eigenvalue weighted by Crippen LogP contribution is 2.34. The Bertz CT molecular complexity index is 795. The van der Waals surface area contributed by atoms with Crippen LogP contribution in [0, 0.1) is 27.7 Å². The predicted molar refractivity (Wildman–Crippen MR) is 84.8 cm³/mol. The van der Waals surface area contributed by atoms with E-state index in [1.165, 1.54) is 16.7 Å². The molecule has 3 nitrogen and oxygen atoms in total. The summed E-state index contributed by atoms with van der Waals surface area (Å²) >= 11 is 0. The van der Waals surface area contributed by atoms with Crippen molar-refractivity contribution in [2.24, 2.45) is 0 Å². The zero-order valence-corrected chi connectivity index (χ0v) is 13.2. The molecule has 3 aromatic rings. The molecule has 0 fully saturated rings. The van der Waals surface area contributed by atoms with Crippen molar-refractivity contribution in [3.63, 3.8) is 0 Å². The molecule has 2 aromatic heterocycles. The van der Waals surface area contributed by atoms with Crippen molar-refractivity contribution in [2.75, 3.05) is 7.05 Å². The maximum Gasteiger partial charge on any atom is 0.134 e. The highest BCUT2D eigenvalue weighted by atomic mass is 16.3. The molecule has 1 unspecified atom stereocenters. The monoisotopic (exact) mass is 283 g/mol. The SMILES string of the molecule is CNC(c1cc2cc(C)ccc2o1)c1c(C)oc(C)c1C. The van der Waals surface area contributed by atoms with Gasteiger partial charge in [0.05, 0.1) is 6.04 Å². The van der Waals surface area contributed by atoms with Crippen LogP contribution >= 0.6 is 0 Å². The number of benzene rings is 1. The van der Waals surface area contributed by atoms with Gasteiger partial charge in [0.1, 0.15) is 22.9 Å². The normalized spacial score (nSPS) is 13.0. The number of fused-ring (bicyclic) bond motifs is 1. The highest BCUT2D eigenvalue weighted by Gasteiger charge is 2.24. The molecule has 0 bridgehead atoms. The van der Waals surface area contributed by atoms with Gasteiger partial charge in [0.25, 0.3) is 0 Å². The highest BCUT2D eigenvalue weighted by molar-refractivity contribution is 5.79. The van der Waals surface area contributed by atoms with Gasteiger partial charge in [-0.2, -0.15) is 0 Å². The minimum Gasteiger partial charge on any atom is -0.466 e. The van der Waals surface area contributed by atoms with E-state index in [0.29, 0.717) is 0 Å². The van der Waals surface area contributed by atoms with Gasteiger partial charge in [0.15, 0.2) is 0 Å². The Morgan fingerprint density at radius 3 is 2.33 bits per heavy atom. The Morgan fingerprint density at radius 1 is 0.952 bits per heavy atom. The maximum atomic E-state index is 6.05. The number of hydrogen-bond acceptors (Lipinski definition) is 3. The second-order valence-corrected chi connectivity index (χ2v) is 5.66. The van der Waals surface area contributed by atoms with E-state index in [0.717, 1.165) is 28.2 Å². The largest absolute Gasteiger partial charge is 0.466 e. The lowest BCUT2D eigenvalue weighted by Crippen LogP contribution is -2.18. The summed E-state index contributed by atoms with van der Waals surface area (Å²) in [7, 11) is 1.95.